The molecule has 0 aromatic carbocycles. The third-order valence-corrected chi connectivity index (χ3v) is 7.40. The number of hydrogen-bond donors (Lipinski definition) is 2. The van der Waals surface area contributed by atoms with E-state index in [0.29, 0.717) is 19.3 Å². The summed E-state index contributed by atoms with van der Waals surface area (Å²) in [6, 6.07) is 0. The zero-order chi connectivity index (χ0) is 18.4. The minimum atomic E-state index is -2.10. The van der Waals surface area contributed by atoms with E-state index in [4.69, 9.17) is 4.11 Å². The predicted molar refractivity (Wildman–Crippen MR) is 84.1 cm³/mol. The van der Waals surface area contributed by atoms with Crippen LogP contribution in [0.5, 0.6) is 0 Å². The van der Waals surface area contributed by atoms with Crippen molar-refractivity contribution in [1.82, 2.24) is 0 Å². The molecule has 0 aliphatic heterocycles. The number of fused-ring (bicyclic) bond motifs is 5. The highest BCUT2D eigenvalue weighted by molar-refractivity contribution is 5.91. The fourth-order valence-corrected chi connectivity index (χ4v) is 6.01. The van der Waals surface area contributed by atoms with Crippen LogP contribution in [0.3, 0.4) is 0 Å². The monoisotopic (exact) mass is 307 g/mol. The lowest BCUT2D eigenvalue weighted by molar-refractivity contribution is -0.120. The summed E-state index contributed by atoms with van der Waals surface area (Å²) >= 11 is 0. The molecular formula is C19H28O3. The van der Waals surface area contributed by atoms with E-state index in [-0.39, 0.29) is 35.4 Å². The lowest BCUT2D eigenvalue weighted by Gasteiger charge is -2.58. The first-order chi connectivity index (χ1) is 11.4. The Morgan fingerprint density at radius 1 is 1.27 bits per heavy atom. The molecule has 122 valence electrons. The van der Waals surface area contributed by atoms with Crippen molar-refractivity contribution in [1.29, 1.82) is 0 Å². The van der Waals surface area contributed by atoms with Crippen LogP contribution in [-0.2, 0) is 4.79 Å². The first-order valence-electron chi connectivity index (χ1n) is 10.1. The third-order valence-electron chi connectivity index (χ3n) is 7.40. The maximum absolute atomic E-state index is 11.9. The Hall–Kier alpha value is -0.670. The van der Waals surface area contributed by atoms with Gasteiger partial charge in [0.25, 0.3) is 0 Å². The van der Waals surface area contributed by atoms with Gasteiger partial charge < -0.3 is 10.2 Å². The summed E-state index contributed by atoms with van der Waals surface area (Å²) in [5.41, 5.74) is -0.164. The van der Waals surface area contributed by atoms with Crippen LogP contribution in [0.25, 0.3) is 0 Å². The zero-order valence-electron chi connectivity index (χ0n) is 16.4. The van der Waals surface area contributed by atoms with Crippen molar-refractivity contribution in [3.8, 4) is 0 Å². The Labute approximate surface area is 137 Å². The van der Waals surface area contributed by atoms with Crippen molar-refractivity contribution in [2.24, 2.45) is 28.6 Å². The average Bonchev–Trinajstić information content (AvgIpc) is 2.66. The minimum Gasteiger partial charge on any atom is -0.393 e. The van der Waals surface area contributed by atoms with Gasteiger partial charge in [-0.2, -0.15) is 0 Å². The Morgan fingerprint density at radius 3 is 2.82 bits per heavy atom. The lowest BCUT2D eigenvalue weighted by Crippen LogP contribution is -2.54. The SMILES string of the molecule is [2H]C1([2H])C[C@@H]2[C@H]3C[C@H](O)C4=CC(=O)CC[C@@]4(C)[C@@H]3CC[C@@]2(C)[C@]1([2H])O. The fraction of sp³-hybridized carbons (Fsp3) is 0.842. The molecule has 0 heterocycles. The molecule has 3 heteroatoms. The summed E-state index contributed by atoms with van der Waals surface area (Å²) in [6.45, 7) is 4.00. The van der Waals surface area contributed by atoms with E-state index in [1.807, 2.05) is 6.92 Å². The van der Waals surface area contributed by atoms with Gasteiger partial charge in [0.2, 0.25) is 0 Å². The molecule has 22 heavy (non-hydrogen) atoms. The van der Waals surface area contributed by atoms with Gasteiger partial charge in [-0.3, -0.25) is 4.79 Å². The van der Waals surface area contributed by atoms with Crippen LogP contribution in [0.4, 0.5) is 0 Å². The molecule has 7 atom stereocenters. The number of ketones is 1. The second-order valence-corrected chi connectivity index (χ2v) is 8.30. The second-order valence-electron chi connectivity index (χ2n) is 8.30. The topological polar surface area (TPSA) is 57.5 Å². The molecule has 3 fully saturated rings. The van der Waals surface area contributed by atoms with Crippen LogP contribution in [0.1, 0.15) is 62.9 Å². The zero-order valence-corrected chi connectivity index (χ0v) is 13.4. The van der Waals surface area contributed by atoms with Gasteiger partial charge in [0.05, 0.1) is 13.6 Å². The first-order valence-corrected chi connectivity index (χ1v) is 8.59. The summed E-state index contributed by atoms with van der Waals surface area (Å²) in [4.78, 5) is 11.9. The summed E-state index contributed by atoms with van der Waals surface area (Å²) in [6.07, 6.45) is 0.270. The highest BCUT2D eigenvalue weighted by atomic mass is 16.3. The molecule has 4 rings (SSSR count). The smallest absolute Gasteiger partial charge is 0.155 e. The number of carbonyl (C=O) groups is 1. The van der Waals surface area contributed by atoms with E-state index in [9.17, 15) is 15.0 Å². The molecule has 0 amide bonds. The highest BCUT2D eigenvalue weighted by Crippen LogP contribution is 2.65. The van der Waals surface area contributed by atoms with Gasteiger partial charge in [-0.1, -0.05) is 13.8 Å². The molecule has 0 unspecified atom stereocenters. The maximum atomic E-state index is 11.9. The van der Waals surface area contributed by atoms with E-state index in [1.165, 1.54) is 0 Å². The highest BCUT2D eigenvalue weighted by Gasteiger charge is 2.60. The van der Waals surface area contributed by atoms with Gasteiger partial charge in [0.1, 0.15) is 0 Å². The van der Waals surface area contributed by atoms with Crippen LogP contribution < -0.4 is 0 Å². The molecule has 3 nitrogen and oxygen atoms in total. The molecule has 0 saturated heterocycles. The molecule has 0 spiro atoms. The summed E-state index contributed by atoms with van der Waals surface area (Å²) < 4.78 is 24.9. The average molecular weight is 307 g/mol. The minimum absolute atomic E-state index is 0.0820. The van der Waals surface area contributed by atoms with Crippen LogP contribution >= 0.6 is 0 Å². The molecule has 0 aromatic heterocycles. The van der Waals surface area contributed by atoms with Crippen LogP contribution in [0.15, 0.2) is 11.6 Å². The largest absolute Gasteiger partial charge is 0.393 e. The molecule has 0 bridgehead atoms. The number of hydrogen-bond acceptors (Lipinski definition) is 3. The van der Waals surface area contributed by atoms with Crippen LogP contribution in [-0.4, -0.2) is 28.2 Å². The van der Waals surface area contributed by atoms with E-state index in [0.717, 1.165) is 18.4 Å². The molecule has 4 aliphatic rings. The molecular weight excluding hydrogens is 276 g/mol. The van der Waals surface area contributed by atoms with Gasteiger partial charge in [0, 0.05) is 9.16 Å². The number of aliphatic hydroxyl groups is 2. The normalized spacial score (nSPS) is 61.9. The van der Waals surface area contributed by atoms with Gasteiger partial charge in [-0.15, -0.1) is 0 Å². The van der Waals surface area contributed by atoms with Crippen LogP contribution in [0, 0.1) is 28.6 Å². The van der Waals surface area contributed by atoms with Gasteiger partial charge in [-0.25, -0.2) is 0 Å². The van der Waals surface area contributed by atoms with Crippen molar-refractivity contribution in [3.05, 3.63) is 11.6 Å². The summed E-state index contributed by atoms with van der Waals surface area (Å²) in [5.74, 6) is 0.328. The molecule has 4 aliphatic carbocycles. The number of carbonyl (C=O) groups excluding carboxylic acids is 1. The quantitative estimate of drug-likeness (QED) is 0.723. The van der Waals surface area contributed by atoms with Crippen molar-refractivity contribution < 1.29 is 19.1 Å². The van der Waals surface area contributed by atoms with Gasteiger partial charge >= 0.3 is 0 Å². The maximum Gasteiger partial charge on any atom is 0.155 e. The Balaban J connectivity index is 1.77. The summed E-state index contributed by atoms with van der Waals surface area (Å²) in [5, 5.41) is 21.5. The third kappa shape index (κ3) is 1.78. The van der Waals surface area contributed by atoms with Crippen molar-refractivity contribution >= 4 is 5.78 Å². The van der Waals surface area contributed by atoms with Crippen molar-refractivity contribution in [2.45, 2.75) is 70.9 Å². The van der Waals surface area contributed by atoms with E-state index >= 15 is 0 Å². The van der Waals surface area contributed by atoms with Crippen molar-refractivity contribution in [2.75, 3.05) is 0 Å². The molecule has 0 aromatic rings. The van der Waals surface area contributed by atoms with Gasteiger partial charge in [0.15, 0.2) is 5.78 Å². The van der Waals surface area contributed by atoms with Gasteiger partial charge in [-0.05, 0) is 78.7 Å². The predicted octanol–water partition coefficient (Wildman–Crippen LogP) is 2.85. The fourth-order valence-electron chi connectivity index (χ4n) is 6.01. The number of rotatable bonds is 0. The standard InChI is InChI=1S/C19H28O3/c1-18-7-5-11(20)9-15(18)16(21)10-12-13-3-4-17(22)19(13,2)8-6-14(12)18/h9,12-14,16-17,21-22H,3-8,10H2,1-2H3/t12-,13-,14-,16+,17-,18+,19-/m1/s1/i4D2,17D. The van der Waals surface area contributed by atoms with E-state index in [1.54, 1.807) is 6.08 Å². The molecule has 3 saturated carbocycles. The Morgan fingerprint density at radius 2 is 2.05 bits per heavy atom. The first kappa shape index (κ1) is 11.8. The Bertz CT molecular complexity index is 658. The van der Waals surface area contributed by atoms with E-state index < -0.39 is 24.0 Å². The number of aliphatic hydroxyl groups excluding tert-OH is 1. The van der Waals surface area contributed by atoms with Crippen LogP contribution in [0.2, 0.25) is 0 Å². The van der Waals surface area contributed by atoms with E-state index in [2.05, 4.69) is 6.92 Å². The second kappa shape index (κ2) is 4.67. The summed E-state index contributed by atoms with van der Waals surface area (Å²) in [7, 11) is 0. The molecule has 0 radical (unpaired) electrons. The Kier molecular flexibility index (Phi) is 2.51. The van der Waals surface area contributed by atoms with Crippen molar-refractivity contribution in [3.63, 3.8) is 0 Å². The molecule has 2 N–H and O–H groups in total. The lowest BCUT2D eigenvalue weighted by atomic mass is 9.47.